The van der Waals surface area contributed by atoms with E-state index in [4.69, 9.17) is 23.2 Å². The fraction of sp³-hybridized carbons (Fsp3) is 0.276. The number of sulfonamides is 1. The summed E-state index contributed by atoms with van der Waals surface area (Å²) in [6.07, 6.45) is 3.54. The summed E-state index contributed by atoms with van der Waals surface area (Å²) in [5.41, 5.74) is 4.12. The highest BCUT2D eigenvalue weighted by molar-refractivity contribution is 7.99. The molecule has 4 aromatic rings. The van der Waals surface area contributed by atoms with Crippen molar-refractivity contribution in [3.8, 4) is 0 Å². The van der Waals surface area contributed by atoms with Crippen LogP contribution in [-0.4, -0.2) is 18.0 Å². The van der Waals surface area contributed by atoms with E-state index in [0.717, 1.165) is 32.3 Å². The molecule has 0 aliphatic heterocycles. The van der Waals surface area contributed by atoms with Gasteiger partial charge in [-0.3, -0.25) is 4.98 Å². The molecule has 0 bridgehead atoms. The van der Waals surface area contributed by atoms with Crippen LogP contribution in [0.3, 0.4) is 0 Å². The number of aromatic nitrogens is 2. The number of benzene rings is 2. The maximum atomic E-state index is 13.0. The van der Waals surface area contributed by atoms with Crippen molar-refractivity contribution in [3.05, 3.63) is 105 Å². The molecule has 4 rings (SSSR count). The van der Waals surface area contributed by atoms with Gasteiger partial charge in [0.05, 0.1) is 14.9 Å². The lowest BCUT2D eigenvalue weighted by molar-refractivity contribution is 0.580. The van der Waals surface area contributed by atoms with Gasteiger partial charge in [-0.15, -0.1) is 0 Å². The lowest BCUT2D eigenvalue weighted by Gasteiger charge is -2.15. The Bertz CT molecular complexity index is 1460. The summed E-state index contributed by atoms with van der Waals surface area (Å²) in [6.45, 7) is 11.1. The van der Waals surface area contributed by atoms with Crippen LogP contribution in [0.5, 0.6) is 0 Å². The Balaban J connectivity index is 0.00000195. The Morgan fingerprint density at radius 2 is 1.66 bits per heavy atom. The van der Waals surface area contributed by atoms with E-state index in [-0.39, 0.29) is 17.4 Å². The molecule has 0 saturated heterocycles. The SMILES string of the molecule is CC.Cc1c(CNS(=O)(=O)c2ccccc2)c(C(C)C)c(Sc2cc(Cl)ccc2Cl)n1Cc1ccncc1. The highest BCUT2D eigenvalue weighted by atomic mass is 35.5. The van der Waals surface area contributed by atoms with Crippen molar-refractivity contribution in [1.82, 2.24) is 14.3 Å². The van der Waals surface area contributed by atoms with Crippen LogP contribution < -0.4 is 4.72 Å². The van der Waals surface area contributed by atoms with Gasteiger partial charge in [-0.2, -0.15) is 0 Å². The quantitative estimate of drug-likeness (QED) is 0.213. The molecule has 202 valence electrons. The van der Waals surface area contributed by atoms with Crippen LogP contribution in [-0.2, 0) is 23.1 Å². The summed E-state index contributed by atoms with van der Waals surface area (Å²) in [4.78, 5) is 5.22. The molecule has 2 aromatic heterocycles. The zero-order valence-corrected chi connectivity index (χ0v) is 25.3. The Morgan fingerprint density at radius 3 is 2.29 bits per heavy atom. The highest BCUT2D eigenvalue weighted by Crippen LogP contribution is 2.42. The smallest absolute Gasteiger partial charge is 0.240 e. The van der Waals surface area contributed by atoms with Crippen molar-refractivity contribution in [1.29, 1.82) is 0 Å². The van der Waals surface area contributed by atoms with E-state index >= 15 is 0 Å². The molecule has 2 aromatic carbocycles. The van der Waals surface area contributed by atoms with E-state index in [1.807, 2.05) is 39.0 Å². The molecule has 1 N–H and O–H groups in total. The molecule has 0 aliphatic carbocycles. The zero-order valence-electron chi connectivity index (χ0n) is 22.2. The maximum Gasteiger partial charge on any atom is 0.240 e. The molecular weight excluding hydrogens is 557 g/mol. The predicted octanol–water partition coefficient (Wildman–Crippen LogP) is 8.33. The normalized spacial score (nSPS) is 11.4. The predicted molar refractivity (Wildman–Crippen MR) is 159 cm³/mol. The fourth-order valence-corrected chi connectivity index (χ4v) is 6.91. The molecule has 2 heterocycles. The van der Waals surface area contributed by atoms with Crippen LogP contribution in [0.1, 0.15) is 56.0 Å². The molecule has 0 atom stereocenters. The average molecular weight is 591 g/mol. The summed E-state index contributed by atoms with van der Waals surface area (Å²) in [6, 6.07) is 17.8. The van der Waals surface area contributed by atoms with Gasteiger partial charge in [0.2, 0.25) is 10.0 Å². The minimum absolute atomic E-state index is 0.138. The van der Waals surface area contributed by atoms with Crippen LogP contribution in [0.25, 0.3) is 0 Å². The molecule has 0 fully saturated rings. The third-order valence-corrected chi connectivity index (χ3v) is 9.19. The largest absolute Gasteiger partial charge is 0.335 e. The molecule has 0 saturated carbocycles. The van der Waals surface area contributed by atoms with Gasteiger partial charge in [0, 0.05) is 41.1 Å². The zero-order chi connectivity index (χ0) is 27.9. The molecule has 38 heavy (non-hydrogen) atoms. The molecular formula is C29H33Cl2N3O2S2. The number of nitrogens with zero attached hydrogens (tertiary/aromatic N) is 2. The second kappa shape index (κ2) is 13.7. The number of hydrogen-bond donors (Lipinski definition) is 1. The van der Waals surface area contributed by atoms with E-state index in [2.05, 4.69) is 28.1 Å². The lowest BCUT2D eigenvalue weighted by Crippen LogP contribution is -2.24. The Morgan fingerprint density at radius 1 is 1.00 bits per heavy atom. The minimum atomic E-state index is -3.66. The molecule has 0 spiro atoms. The van der Waals surface area contributed by atoms with E-state index in [1.54, 1.807) is 66.6 Å². The highest BCUT2D eigenvalue weighted by Gasteiger charge is 2.25. The van der Waals surface area contributed by atoms with Crippen LogP contribution in [0.4, 0.5) is 0 Å². The number of rotatable bonds is 9. The molecule has 0 aliphatic rings. The summed E-state index contributed by atoms with van der Waals surface area (Å²) in [7, 11) is -3.66. The average Bonchev–Trinajstić information content (AvgIpc) is 3.17. The van der Waals surface area contributed by atoms with Gasteiger partial charge in [-0.1, -0.05) is 80.9 Å². The van der Waals surface area contributed by atoms with Gasteiger partial charge < -0.3 is 4.57 Å². The van der Waals surface area contributed by atoms with Crippen LogP contribution in [0.2, 0.25) is 10.0 Å². The van der Waals surface area contributed by atoms with E-state index in [9.17, 15) is 8.42 Å². The summed E-state index contributed by atoms with van der Waals surface area (Å²) >= 11 is 14.4. The summed E-state index contributed by atoms with van der Waals surface area (Å²) in [5, 5.41) is 2.23. The molecule has 5 nitrogen and oxygen atoms in total. The second-order valence-corrected chi connectivity index (χ2v) is 12.3. The number of pyridine rings is 1. The van der Waals surface area contributed by atoms with Gasteiger partial charge in [0.15, 0.2) is 0 Å². The van der Waals surface area contributed by atoms with Crippen LogP contribution >= 0.6 is 35.0 Å². The number of nitrogens with one attached hydrogen (secondary N) is 1. The van der Waals surface area contributed by atoms with E-state index in [1.165, 1.54) is 0 Å². The monoisotopic (exact) mass is 589 g/mol. The van der Waals surface area contributed by atoms with Gasteiger partial charge in [-0.25, -0.2) is 13.1 Å². The van der Waals surface area contributed by atoms with Gasteiger partial charge in [0.1, 0.15) is 0 Å². The fourth-order valence-electron chi connectivity index (χ4n) is 4.08. The van der Waals surface area contributed by atoms with Crippen LogP contribution in [0, 0.1) is 6.92 Å². The Kier molecular flexibility index (Phi) is 10.9. The van der Waals surface area contributed by atoms with Crippen molar-refractivity contribution in [3.63, 3.8) is 0 Å². The molecule has 9 heteroatoms. The van der Waals surface area contributed by atoms with Crippen molar-refractivity contribution in [2.24, 2.45) is 0 Å². The summed E-state index contributed by atoms with van der Waals surface area (Å²) in [5.74, 6) is 0.138. The van der Waals surface area contributed by atoms with Gasteiger partial charge in [-0.05, 0) is 72.0 Å². The standard InChI is InChI=1S/C27H27Cl2N3O2S2.C2H6/c1-18(2)26-23(16-31-36(33,34)22-7-5-4-6-8-22)19(3)32(17-20-11-13-30-14-12-20)27(26)35-25-15-21(28)9-10-24(25)29;1-2/h4-15,18,31H,16-17H2,1-3H3;1-2H3. The first-order valence-corrected chi connectivity index (χ1v) is 15.5. The van der Waals surface area contributed by atoms with Crippen molar-refractivity contribution < 1.29 is 8.42 Å². The second-order valence-electron chi connectivity index (χ2n) is 8.69. The lowest BCUT2D eigenvalue weighted by atomic mass is 10.0. The number of halogens is 2. The first-order chi connectivity index (χ1) is 18.2. The maximum absolute atomic E-state index is 13.0. The summed E-state index contributed by atoms with van der Waals surface area (Å²) < 4.78 is 31.0. The first kappa shape index (κ1) is 30.3. The van der Waals surface area contributed by atoms with Crippen molar-refractivity contribution in [2.75, 3.05) is 0 Å². The Labute approximate surface area is 240 Å². The van der Waals surface area contributed by atoms with E-state index < -0.39 is 10.0 Å². The third kappa shape index (κ3) is 7.21. The third-order valence-electron chi connectivity index (χ3n) is 5.90. The molecule has 0 amide bonds. The van der Waals surface area contributed by atoms with E-state index in [0.29, 0.717) is 16.6 Å². The van der Waals surface area contributed by atoms with Gasteiger partial charge in [0.25, 0.3) is 0 Å². The first-order valence-electron chi connectivity index (χ1n) is 12.5. The molecule has 0 radical (unpaired) electrons. The van der Waals surface area contributed by atoms with Crippen molar-refractivity contribution >= 4 is 45.0 Å². The van der Waals surface area contributed by atoms with Crippen molar-refractivity contribution in [2.45, 2.75) is 68.4 Å². The Hall–Kier alpha value is -2.29. The minimum Gasteiger partial charge on any atom is -0.335 e. The van der Waals surface area contributed by atoms with Crippen LogP contribution in [0.15, 0.2) is 87.9 Å². The van der Waals surface area contributed by atoms with Gasteiger partial charge >= 0.3 is 0 Å². The number of hydrogen-bond acceptors (Lipinski definition) is 4. The topological polar surface area (TPSA) is 64.0 Å². The molecule has 0 unspecified atom stereocenters.